The highest BCUT2D eigenvalue weighted by molar-refractivity contribution is 5.99. The Morgan fingerprint density at radius 3 is 1.30 bits per heavy atom. The number of carbonyl (C=O) groups excluding carboxylic acids is 10. The van der Waals surface area contributed by atoms with Gasteiger partial charge in [0.25, 0.3) is 0 Å². The van der Waals surface area contributed by atoms with Gasteiger partial charge in [0.2, 0.25) is 59.1 Å². The summed E-state index contributed by atoms with van der Waals surface area (Å²) in [5, 5.41) is 40.0. The number of carbonyl (C=O) groups is 11. The SMILES string of the molecule is CC(C)C[C@H](NC(=O)[C@H](Cc1ccccc1)NC(=O)[C@H](CCC(N)=O)NC(=O)[C@H](CC(C)C)NC(=O)[C@@H](N)C(C)C)C(=O)N[C@@H](CC(N)=O)C(=O)N[C@H](C(=O)N[C@H](C(=O)N[C@H](C(=O)O)C(C)C)[C@@H](C)O)C(C)C. The molecule has 10 atom stereocenters. The monoisotopic (exact) mass is 1030 g/mol. The molecule has 0 unspecified atom stereocenters. The zero-order chi connectivity index (χ0) is 56.0. The fraction of sp³-hybridized carbons (Fsp3) is 0.653. The van der Waals surface area contributed by atoms with Crippen LogP contribution in [0.3, 0.4) is 0 Å². The van der Waals surface area contributed by atoms with Crippen LogP contribution in [0.15, 0.2) is 30.3 Å². The van der Waals surface area contributed by atoms with Gasteiger partial charge in [-0.1, -0.05) is 99.6 Å². The van der Waals surface area contributed by atoms with Gasteiger partial charge in [0.05, 0.1) is 18.6 Å². The normalized spacial score (nSPS) is 15.5. The summed E-state index contributed by atoms with van der Waals surface area (Å²) in [6.07, 6.45) is -3.02. The number of aliphatic hydroxyl groups excluding tert-OH is 1. The summed E-state index contributed by atoms with van der Waals surface area (Å²) in [4.78, 5) is 146. The Balaban J connectivity index is 3.57. The van der Waals surface area contributed by atoms with Gasteiger partial charge < -0.3 is 69.9 Å². The van der Waals surface area contributed by atoms with Gasteiger partial charge in [0.15, 0.2) is 0 Å². The number of carboxylic acid groups (broad SMARTS) is 1. The number of carboxylic acids is 1. The maximum absolute atomic E-state index is 14.4. The molecule has 10 amide bonds. The summed E-state index contributed by atoms with van der Waals surface area (Å²) in [5.41, 5.74) is 17.5. The van der Waals surface area contributed by atoms with Crippen molar-refractivity contribution in [1.82, 2.24) is 42.5 Å². The molecular formula is C49H81N11O13. The Hall–Kier alpha value is -6.69. The molecule has 0 aliphatic rings. The van der Waals surface area contributed by atoms with Crippen LogP contribution in [0, 0.1) is 29.6 Å². The van der Waals surface area contributed by atoms with Crippen molar-refractivity contribution in [2.45, 2.75) is 175 Å². The van der Waals surface area contributed by atoms with Gasteiger partial charge in [0, 0.05) is 12.8 Å². The first-order valence-corrected chi connectivity index (χ1v) is 24.6. The largest absolute Gasteiger partial charge is 0.480 e. The smallest absolute Gasteiger partial charge is 0.326 e. The molecule has 1 aromatic carbocycles. The second-order valence-corrected chi connectivity index (χ2v) is 20.2. The molecule has 24 nitrogen and oxygen atoms in total. The first-order valence-electron chi connectivity index (χ1n) is 24.6. The van der Waals surface area contributed by atoms with Crippen molar-refractivity contribution in [2.24, 2.45) is 46.8 Å². The first-order chi connectivity index (χ1) is 33.9. The molecular weight excluding hydrogens is 951 g/mol. The zero-order valence-corrected chi connectivity index (χ0v) is 43.9. The number of aliphatic carboxylic acids is 1. The Bertz CT molecular complexity index is 2070. The third-order valence-corrected chi connectivity index (χ3v) is 11.5. The third kappa shape index (κ3) is 23.2. The van der Waals surface area contributed by atoms with Gasteiger partial charge in [-0.3, -0.25) is 47.9 Å². The summed E-state index contributed by atoms with van der Waals surface area (Å²) in [7, 11) is 0. The van der Waals surface area contributed by atoms with Gasteiger partial charge in [-0.2, -0.15) is 0 Å². The number of primary amides is 2. The highest BCUT2D eigenvalue weighted by Crippen LogP contribution is 2.13. The van der Waals surface area contributed by atoms with Gasteiger partial charge in [-0.25, -0.2) is 4.79 Å². The molecule has 0 saturated heterocycles. The van der Waals surface area contributed by atoms with E-state index in [1.54, 1.807) is 71.9 Å². The topological polar surface area (TPSA) is 403 Å². The molecule has 1 rings (SSSR count). The van der Waals surface area contributed by atoms with Crippen molar-refractivity contribution in [1.29, 1.82) is 0 Å². The molecule has 0 aromatic heterocycles. The Morgan fingerprint density at radius 2 is 0.863 bits per heavy atom. The summed E-state index contributed by atoms with van der Waals surface area (Å²) < 4.78 is 0. The number of amides is 10. The summed E-state index contributed by atoms with van der Waals surface area (Å²) in [6, 6.07) is -4.17. The van der Waals surface area contributed by atoms with Crippen molar-refractivity contribution >= 4 is 65.0 Å². The minimum absolute atomic E-state index is 0.0470. The molecule has 0 radical (unpaired) electrons. The average Bonchev–Trinajstić information content (AvgIpc) is 3.28. The minimum Gasteiger partial charge on any atom is -0.480 e. The zero-order valence-electron chi connectivity index (χ0n) is 43.9. The molecule has 0 bridgehead atoms. The molecule has 0 heterocycles. The molecule has 0 fully saturated rings. The second kappa shape index (κ2) is 31.0. The predicted octanol–water partition coefficient (Wildman–Crippen LogP) is -1.90. The van der Waals surface area contributed by atoms with Gasteiger partial charge in [0.1, 0.15) is 48.3 Å². The maximum Gasteiger partial charge on any atom is 0.326 e. The third-order valence-electron chi connectivity index (χ3n) is 11.5. The number of rotatable bonds is 32. The second-order valence-electron chi connectivity index (χ2n) is 20.2. The fourth-order valence-corrected chi connectivity index (χ4v) is 7.28. The van der Waals surface area contributed by atoms with E-state index < -0.39 is 144 Å². The standard InChI is InChI=1S/C49H81N11O13/c1-23(2)19-31(43(66)56-34(22-36(51)63)45(68)58-38(26(7)8)47(70)60-40(28(11)61)48(71)59-39(27(9)10)49(72)73)54-44(67)33(21-29-15-13-12-14-16-29)55-41(64)30(17-18-35(50)62)53-42(65)32(20-24(3)4)57-46(69)37(52)25(5)6/h12-16,23-28,30-34,37-40,61H,17-22,52H2,1-11H3,(H2,50,62)(H2,51,63)(H,53,65)(H,54,67)(H,55,64)(H,56,66)(H,57,69)(H,58,68)(H,59,71)(H,60,70)(H,72,73)/t28-,30+,31+,32+,33+,34+,37+,38+,39+,40+/m1/s1. The molecule has 0 saturated carbocycles. The average molecular weight is 1030 g/mol. The predicted molar refractivity (Wildman–Crippen MR) is 269 cm³/mol. The van der Waals surface area contributed by atoms with Crippen LogP contribution in [0.2, 0.25) is 0 Å². The summed E-state index contributed by atoms with van der Waals surface area (Å²) in [5.74, 6) is -12.3. The lowest BCUT2D eigenvalue weighted by Gasteiger charge is -2.30. The number of aliphatic hydroxyl groups is 1. The molecule has 0 aliphatic heterocycles. The highest BCUT2D eigenvalue weighted by atomic mass is 16.4. The first kappa shape index (κ1) is 64.3. The van der Waals surface area contributed by atoms with Crippen LogP contribution >= 0.6 is 0 Å². The van der Waals surface area contributed by atoms with Crippen LogP contribution in [0.4, 0.5) is 0 Å². The Labute approximate surface area is 427 Å². The van der Waals surface area contributed by atoms with Crippen LogP contribution in [0.1, 0.15) is 114 Å². The molecule has 24 heteroatoms. The maximum atomic E-state index is 14.4. The summed E-state index contributed by atoms with van der Waals surface area (Å²) >= 11 is 0. The van der Waals surface area contributed by atoms with Crippen LogP contribution < -0.4 is 59.7 Å². The molecule has 410 valence electrons. The van der Waals surface area contributed by atoms with E-state index in [0.29, 0.717) is 5.56 Å². The Morgan fingerprint density at radius 1 is 0.466 bits per heavy atom. The van der Waals surface area contributed by atoms with Crippen LogP contribution in [0.5, 0.6) is 0 Å². The van der Waals surface area contributed by atoms with Gasteiger partial charge in [-0.15, -0.1) is 0 Å². The quantitative estimate of drug-likeness (QED) is 0.0375. The number of hydrogen-bond donors (Lipinski definition) is 13. The number of hydrogen-bond acceptors (Lipinski definition) is 13. The van der Waals surface area contributed by atoms with E-state index in [4.69, 9.17) is 17.2 Å². The molecule has 1 aromatic rings. The van der Waals surface area contributed by atoms with E-state index >= 15 is 0 Å². The molecule has 0 spiro atoms. The molecule has 16 N–H and O–H groups in total. The van der Waals surface area contributed by atoms with Crippen LogP contribution in [-0.4, -0.2) is 136 Å². The van der Waals surface area contributed by atoms with Crippen molar-refractivity contribution in [3.63, 3.8) is 0 Å². The van der Waals surface area contributed by atoms with E-state index in [9.17, 15) is 63.0 Å². The van der Waals surface area contributed by atoms with E-state index in [0.717, 1.165) is 0 Å². The van der Waals surface area contributed by atoms with Crippen LogP contribution in [-0.2, 0) is 59.2 Å². The lowest BCUT2D eigenvalue weighted by Crippen LogP contribution is -2.62. The van der Waals surface area contributed by atoms with Gasteiger partial charge >= 0.3 is 5.97 Å². The minimum atomic E-state index is -1.73. The summed E-state index contributed by atoms with van der Waals surface area (Å²) in [6.45, 7) is 17.9. The van der Waals surface area contributed by atoms with Gasteiger partial charge in [-0.05, 0) is 61.3 Å². The fourth-order valence-electron chi connectivity index (χ4n) is 7.28. The number of benzene rings is 1. The van der Waals surface area contributed by atoms with Crippen molar-refractivity contribution in [3.8, 4) is 0 Å². The van der Waals surface area contributed by atoms with Crippen molar-refractivity contribution in [3.05, 3.63) is 35.9 Å². The van der Waals surface area contributed by atoms with E-state index in [2.05, 4.69) is 42.5 Å². The highest BCUT2D eigenvalue weighted by Gasteiger charge is 2.38. The van der Waals surface area contributed by atoms with E-state index in [1.165, 1.54) is 20.8 Å². The molecule has 73 heavy (non-hydrogen) atoms. The van der Waals surface area contributed by atoms with Crippen molar-refractivity contribution < 1.29 is 63.0 Å². The van der Waals surface area contributed by atoms with Crippen molar-refractivity contribution in [2.75, 3.05) is 0 Å². The van der Waals surface area contributed by atoms with E-state index in [1.807, 2.05) is 13.8 Å². The molecule has 0 aliphatic carbocycles. The van der Waals surface area contributed by atoms with Crippen LogP contribution in [0.25, 0.3) is 0 Å². The van der Waals surface area contributed by atoms with E-state index in [-0.39, 0.29) is 49.9 Å². The number of nitrogens with one attached hydrogen (secondary N) is 8. The Kier molecular flexibility index (Phi) is 27.3. The lowest BCUT2D eigenvalue weighted by atomic mass is 9.99. The lowest BCUT2D eigenvalue weighted by molar-refractivity contribution is -0.144. The number of nitrogens with two attached hydrogens (primary N) is 3.